The number of nitrogens with zero attached hydrogens (tertiary/aromatic N) is 1. The van der Waals surface area contributed by atoms with Crippen LogP contribution in [0.4, 0.5) is 0 Å². The van der Waals surface area contributed by atoms with Gasteiger partial charge in [0.2, 0.25) is 0 Å². The monoisotopic (exact) mass is 160 g/mol. The number of aldehydes is 1. The maximum atomic E-state index is 10.0. The fraction of sp³-hybridized carbons (Fsp3) is 0.400. The second-order valence-corrected chi connectivity index (χ2v) is 1.65. The molecular formula is C5H6NO5. The summed E-state index contributed by atoms with van der Waals surface area (Å²) < 4.78 is 0. The van der Waals surface area contributed by atoms with Crippen molar-refractivity contribution < 1.29 is 24.6 Å². The highest BCUT2D eigenvalue weighted by molar-refractivity contribution is 5.91. The normalized spacial score (nSPS) is 12.0. The van der Waals surface area contributed by atoms with Gasteiger partial charge in [0.15, 0.2) is 6.04 Å². The van der Waals surface area contributed by atoms with E-state index in [0.29, 0.717) is 0 Å². The van der Waals surface area contributed by atoms with Gasteiger partial charge in [-0.15, -0.1) is 0 Å². The Balaban J connectivity index is 3.79. The Hall–Kier alpha value is -1.43. The van der Waals surface area contributed by atoms with E-state index in [1.165, 1.54) is 0 Å². The summed E-state index contributed by atoms with van der Waals surface area (Å²) in [7, 11) is 0. The average Bonchev–Trinajstić information content (AvgIpc) is 1.87. The summed E-state index contributed by atoms with van der Waals surface area (Å²) in [5, 5.41) is 19.3. The van der Waals surface area contributed by atoms with Gasteiger partial charge in [-0.1, -0.05) is 0 Å². The maximum Gasteiger partial charge on any atom is 0.329 e. The lowest BCUT2D eigenvalue weighted by Gasteiger charge is -2.00. The van der Waals surface area contributed by atoms with Crippen LogP contribution in [0.5, 0.6) is 0 Å². The van der Waals surface area contributed by atoms with Crippen molar-refractivity contribution in [3.05, 3.63) is 0 Å². The molecule has 0 spiro atoms. The number of aliphatic carboxylic acids is 2. The van der Waals surface area contributed by atoms with Crippen LogP contribution in [0.1, 0.15) is 0 Å². The number of carbonyl (C=O) groups excluding carboxylic acids is 1. The lowest BCUT2D eigenvalue weighted by atomic mass is 10.3. The van der Waals surface area contributed by atoms with Crippen molar-refractivity contribution >= 4 is 18.2 Å². The molecule has 0 heterocycles. The van der Waals surface area contributed by atoms with Crippen molar-refractivity contribution in [2.24, 2.45) is 0 Å². The van der Waals surface area contributed by atoms with Crippen LogP contribution in [-0.4, -0.2) is 41.0 Å². The molecule has 0 aromatic rings. The quantitative estimate of drug-likeness (QED) is 0.369. The van der Waals surface area contributed by atoms with Gasteiger partial charge in [-0.05, 0) is 0 Å². The fourth-order valence-corrected chi connectivity index (χ4v) is 0.356. The topological polar surface area (TPSA) is 106 Å². The number of hydrogen-bond donors (Lipinski definition) is 2. The van der Waals surface area contributed by atoms with E-state index < -0.39 is 24.5 Å². The zero-order valence-electron chi connectivity index (χ0n) is 5.43. The molecule has 0 aliphatic carbocycles. The van der Waals surface area contributed by atoms with Crippen LogP contribution in [-0.2, 0) is 14.4 Å². The van der Waals surface area contributed by atoms with Crippen LogP contribution in [0, 0.1) is 0 Å². The smallest absolute Gasteiger partial charge is 0.329 e. The van der Waals surface area contributed by atoms with E-state index in [-0.39, 0.29) is 6.29 Å². The highest BCUT2D eigenvalue weighted by atomic mass is 16.4. The van der Waals surface area contributed by atoms with Crippen LogP contribution in [0.25, 0.3) is 0 Å². The Morgan fingerprint density at radius 1 is 1.45 bits per heavy atom. The standard InChI is InChI=1S/C5H6NO5/c7-2-3(5(10)11)6-1-4(8)9/h2-3H,1H2,(H,8,9)(H,10,11). The summed E-state index contributed by atoms with van der Waals surface area (Å²) in [5.74, 6) is -2.71. The molecular weight excluding hydrogens is 154 g/mol. The predicted octanol–water partition coefficient (Wildman–Crippen LogP) is -1.67. The van der Waals surface area contributed by atoms with Crippen molar-refractivity contribution in [3.63, 3.8) is 0 Å². The molecule has 2 N–H and O–H groups in total. The van der Waals surface area contributed by atoms with Crippen LogP contribution in [0.15, 0.2) is 0 Å². The minimum atomic E-state index is -1.56. The Morgan fingerprint density at radius 2 is 2.00 bits per heavy atom. The molecule has 0 rings (SSSR count). The third kappa shape index (κ3) is 4.04. The number of carboxylic acid groups (broad SMARTS) is 2. The molecule has 0 aliphatic rings. The molecule has 0 bridgehead atoms. The summed E-state index contributed by atoms with van der Waals surface area (Å²) in [4.78, 5) is 29.8. The molecule has 61 valence electrons. The molecule has 1 unspecified atom stereocenters. The molecule has 0 amide bonds. The number of hydrogen-bond acceptors (Lipinski definition) is 3. The van der Waals surface area contributed by atoms with Gasteiger partial charge in [0.05, 0.1) is 0 Å². The molecule has 0 aromatic heterocycles. The maximum absolute atomic E-state index is 10.0. The second-order valence-electron chi connectivity index (χ2n) is 1.65. The lowest BCUT2D eigenvalue weighted by molar-refractivity contribution is -0.141. The third-order valence-electron chi connectivity index (χ3n) is 0.805. The summed E-state index contributed by atoms with van der Waals surface area (Å²) in [5.41, 5.74) is 0. The van der Waals surface area contributed by atoms with Crippen molar-refractivity contribution in [2.75, 3.05) is 6.54 Å². The van der Waals surface area contributed by atoms with Gasteiger partial charge in [0, 0.05) is 0 Å². The average molecular weight is 160 g/mol. The molecule has 11 heavy (non-hydrogen) atoms. The Labute approximate surface area is 61.8 Å². The highest BCUT2D eigenvalue weighted by Crippen LogP contribution is 1.79. The largest absolute Gasteiger partial charge is 0.480 e. The van der Waals surface area contributed by atoms with Crippen molar-refractivity contribution in [2.45, 2.75) is 6.04 Å². The molecule has 1 atom stereocenters. The first-order chi connectivity index (χ1) is 5.07. The summed E-state index contributed by atoms with van der Waals surface area (Å²) in [6.45, 7) is -0.671. The van der Waals surface area contributed by atoms with E-state index in [1.807, 2.05) is 0 Å². The molecule has 0 aliphatic heterocycles. The number of rotatable bonds is 5. The molecule has 6 heteroatoms. The molecule has 0 saturated heterocycles. The third-order valence-corrected chi connectivity index (χ3v) is 0.805. The number of carboxylic acids is 2. The minimum Gasteiger partial charge on any atom is -0.480 e. The fourth-order valence-electron chi connectivity index (χ4n) is 0.356. The van der Waals surface area contributed by atoms with E-state index in [0.717, 1.165) is 0 Å². The molecule has 6 nitrogen and oxygen atoms in total. The SMILES string of the molecule is O=CC([N]CC(=O)O)C(=O)O. The van der Waals surface area contributed by atoms with Gasteiger partial charge in [0.1, 0.15) is 12.8 Å². The molecule has 0 aromatic carbocycles. The second kappa shape index (κ2) is 4.40. The Bertz CT molecular complexity index is 178. The highest BCUT2D eigenvalue weighted by Gasteiger charge is 2.17. The molecule has 0 fully saturated rings. The van der Waals surface area contributed by atoms with Gasteiger partial charge < -0.3 is 15.0 Å². The first kappa shape index (κ1) is 9.57. The van der Waals surface area contributed by atoms with Gasteiger partial charge in [-0.2, -0.15) is 0 Å². The van der Waals surface area contributed by atoms with Gasteiger partial charge in [0.25, 0.3) is 0 Å². The summed E-state index contributed by atoms with van der Waals surface area (Å²) in [6.07, 6.45) is 0.0747. The van der Waals surface area contributed by atoms with Gasteiger partial charge in [-0.25, -0.2) is 10.1 Å². The number of carbonyl (C=O) groups is 3. The van der Waals surface area contributed by atoms with Crippen molar-refractivity contribution in [1.29, 1.82) is 0 Å². The van der Waals surface area contributed by atoms with Crippen LogP contribution < -0.4 is 5.32 Å². The van der Waals surface area contributed by atoms with E-state index in [4.69, 9.17) is 10.2 Å². The van der Waals surface area contributed by atoms with E-state index in [1.54, 1.807) is 0 Å². The van der Waals surface area contributed by atoms with Gasteiger partial charge in [-0.3, -0.25) is 4.79 Å². The minimum absolute atomic E-state index is 0.0747. The van der Waals surface area contributed by atoms with Crippen molar-refractivity contribution in [1.82, 2.24) is 5.32 Å². The van der Waals surface area contributed by atoms with E-state index in [2.05, 4.69) is 5.32 Å². The zero-order valence-corrected chi connectivity index (χ0v) is 5.43. The van der Waals surface area contributed by atoms with Gasteiger partial charge >= 0.3 is 11.9 Å². The van der Waals surface area contributed by atoms with Crippen LogP contribution >= 0.6 is 0 Å². The Kier molecular flexibility index (Phi) is 3.82. The van der Waals surface area contributed by atoms with Crippen LogP contribution in [0.3, 0.4) is 0 Å². The van der Waals surface area contributed by atoms with Crippen molar-refractivity contribution in [3.8, 4) is 0 Å². The lowest BCUT2D eigenvalue weighted by Crippen LogP contribution is -2.35. The molecule has 0 saturated carbocycles. The van der Waals surface area contributed by atoms with Crippen LogP contribution in [0.2, 0.25) is 0 Å². The first-order valence-electron chi connectivity index (χ1n) is 2.64. The first-order valence-corrected chi connectivity index (χ1v) is 2.64. The summed E-state index contributed by atoms with van der Waals surface area (Å²) >= 11 is 0. The van der Waals surface area contributed by atoms with E-state index in [9.17, 15) is 14.4 Å². The van der Waals surface area contributed by atoms with E-state index >= 15 is 0 Å². The Morgan fingerprint density at radius 3 is 2.27 bits per heavy atom. The predicted molar refractivity (Wildman–Crippen MR) is 32.1 cm³/mol. The molecule has 1 radical (unpaired) electrons. The summed E-state index contributed by atoms with van der Waals surface area (Å²) in [6, 6.07) is -1.56. The zero-order chi connectivity index (χ0) is 8.85.